The molecular weight excluding hydrogens is 361 g/mol. The number of pyridine rings is 1. The predicted molar refractivity (Wildman–Crippen MR) is 115 cm³/mol. The summed E-state index contributed by atoms with van der Waals surface area (Å²) >= 11 is 0. The van der Waals surface area contributed by atoms with Crippen LogP contribution in [0.5, 0.6) is 0 Å². The van der Waals surface area contributed by atoms with Crippen LogP contribution < -0.4 is 10.9 Å². The number of benzene rings is 1. The van der Waals surface area contributed by atoms with Crippen molar-refractivity contribution < 1.29 is 9.68 Å². The molecule has 0 radical (unpaired) electrons. The Morgan fingerprint density at radius 1 is 1.21 bits per heavy atom. The highest BCUT2D eigenvalue weighted by Crippen LogP contribution is 2.41. The lowest BCUT2D eigenvalue weighted by Crippen LogP contribution is -2.29. The molecule has 146 valence electrons. The van der Waals surface area contributed by atoms with Crippen LogP contribution in [0.1, 0.15) is 60.6 Å². The fourth-order valence-electron chi connectivity index (χ4n) is 5.44. The highest BCUT2D eigenvalue weighted by Gasteiger charge is 2.41. The summed E-state index contributed by atoms with van der Waals surface area (Å²) in [4.78, 5) is 5.17. The summed E-state index contributed by atoms with van der Waals surface area (Å²) in [6.45, 7) is 4.02. The maximum atomic E-state index is 10.3. The van der Waals surface area contributed by atoms with Gasteiger partial charge in [0, 0.05) is 17.7 Å². The third-order valence-electron chi connectivity index (χ3n) is 6.88. The summed E-state index contributed by atoms with van der Waals surface area (Å²) < 4.78 is 5.76. The van der Waals surface area contributed by atoms with E-state index in [1.54, 1.807) is 0 Å². The fraction of sp³-hybridized carbons (Fsp3) is 0.391. The standard InChI is InChI=1S/C23H24BN3O2/c1-23(2)17-11-13(7-8-18(17)24(28)29-23)22-15-6-4-3-5-14(15)21-16-12-25-27-19(16)9-10-20(21)26-22/h7-12,16,19,27-28H,3-6H2,1-2H3. The zero-order valence-electron chi connectivity index (χ0n) is 16.8. The monoisotopic (exact) mass is 385 g/mol. The molecule has 1 aromatic heterocycles. The van der Waals surface area contributed by atoms with Crippen LogP contribution in [0.3, 0.4) is 0 Å². The van der Waals surface area contributed by atoms with E-state index >= 15 is 0 Å². The minimum Gasteiger partial charge on any atom is -0.423 e. The molecule has 0 saturated heterocycles. The zero-order valence-corrected chi connectivity index (χ0v) is 16.8. The van der Waals surface area contributed by atoms with Gasteiger partial charge in [-0.25, -0.2) is 4.98 Å². The summed E-state index contributed by atoms with van der Waals surface area (Å²) in [6, 6.07) is 6.51. The van der Waals surface area contributed by atoms with Crippen molar-refractivity contribution in [2.75, 3.05) is 0 Å². The van der Waals surface area contributed by atoms with Crippen molar-refractivity contribution in [1.82, 2.24) is 10.4 Å². The molecule has 2 atom stereocenters. The minimum absolute atomic E-state index is 0.251. The van der Waals surface area contributed by atoms with Crippen LogP contribution in [0.25, 0.3) is 17.3 Å². The third kappa shape index (κ3) is 2.49. The number of nitrogens with zero attached hydrogens (tertiary/aromatic N) is 2. The van der Waals surface area contributed by atoms with E-state index in [1.165, 1.54) is 29.5 Å². The van der Waals surface area contributed by atoms with Gasteiger partial charge in [-0.3, -0.25) is 0 Å². The molecule has 5 nitrogen and oxygen atoms in total. The summed E-state index contributed by atoms with van der Waals surface area (Å²) in [7, 11) is -0.853. The van der Waals surface area contributed by atoms with Gasteiger partial charge >= 0.3 is 7.12 Å². The number of nitrogens with one attached hydrogen (secondary N) is 1. The van der Waals surface area contributed by atoms with Crippen molar-refractivity contribution in [3.8, 4) is 11.3 Å². The lowest BCUT2D eigenvalue weighted by Gasteiger charge is -2.30. The van der Waals surface area contributed by atoms with E-state index in [4.69, 9.17) is 9.64 Å². The van der Waals surface area contributed by atoms with Crippen molar-refractivity contribution >= 4 is 24.9 Å². The Labute approximate surface area is 171 Å². The van der Waals surface area contributed by atoms with Crippen molar-refractivity contribution in [3.63, 3.8) is 0 Å². The number of fused-ring (bicyclic) bond motifs is 6. The van der Waals surface area contributed by atoms with Gasteiger partial charge in [-0.2, -0.15) is 5.10 Å². The molecule has 0 saturated carbocycles. The predicted octanol–water partition coefficient (Wildman–Crippen LogP) is 2.65. The van der Waals surface area contributed by atoms with Crippen molar-refractivity contribution in [1.29, 1.82) is 0 Å². The van der Waals surface area contributed by atoms with Gasteiger partial charge in [0.05, 0.1) is 23.0 Å². The van der Waals surface area contributed by atoms with Gasteiger partial charge in [0.1, 0.15) is 0 Å². The maximum Gasteiger partial charge on any atom is 0.492 e. The van der Waals surface area contributed by atoms with Crippen molar-refractivity contribution in [2.45, 2.75) is 57.1 Å². The number of aromatic nitrogens is 1. The van der Waals surface area contributed by atoms with Crippen molar-refractivity contribution in [2.24, 2.45) is 5.10 Å². The molecule has 0 fully saturated rings. The second kappa shape index (κ2) is 6.03. The minimum atomic E-state index is -0.853. The summed E-state index contributed by atoms with van der Waals surface area (Å²) in [5.74, 6) is 0.283. The number of hydrogen-bond donors (Lipinski definition) is 2. The van der Waals surface area contributed by atoms with Gasteiger partial charge in [-0.1, -0.05) is 18.2 Å². The SMILES string of the molecule is CC1(C)OB(O)c2ccc(-c3nc4c(c5c3CCCC5)C3C=NNC3C=C4)cc21. The van der Waals surface area contributed by atoms with Crippen LogP contribution in [-0.4, -0.2) is 29.4 Å². The Bertz CT molecular complexity index is 1090. The Kier molecular flexibility index (Phi) is 3.63. The second-order valence-corrected chi connectivity index (χ2v) is 9.02. The number of hydrogen-bond acceptors (Lipinski definition) is 5. The molecule has 2 aromatic rings. The Morgan fingerprint density at radius 2 is 2.03 bits per heavy atom. The molecule has 2 N–H and O–H groups in total. The first kappa shape index (κ1) is 17.4. The summed E-state index contributed by atoms with van der Waals surface area (Å²) in [5, 5.41) is 14.6. The van der Waals surface area contributed by atoms with E-state index in [-0.39, 0.29) is 12.0 Å². The van der Waals surface area contributed by atoms with E-state index < -0.39 is 12.7 Å². The lowest BCUT2D eigenvalue weighted by molar-refractivity contribution is 0.101. The second-order valence-electron chi connectivity index (χ2n) is 9.02. The molecule has 0 spiro atoms. The highest BCUT2D eigenvalue weighted by molar-refractivity contribution is 6.62. The Balaban J connectivity index is 1.56. The topological polar surface area (TPSA) is 66.7 Å². The Morgan fingerprint density at radius 3 is 2.90 bits per heavy atom. The Hall–Kier alpha value is -2.44. The van der Waals surface area contributed by atoms with Gasteiger partial charge in [0.15, 0.2) is 0 Å². The normalized spacial score (nSPS) is 25.3. The average molecular weight is 385 g/mol. The molecule has 0 amide bonds. The third-order valence-corrected chi connectivity index (χ3v) is 6.88. The smallest absolute Gasteiger partial charge is 0.423 e. The first-order valence-electron chi connectivity index (χ1n) is 10.6. The summed E-state index contributed by atoms with van der Waals surface area (Å²) in [6.07, 6.45) is 11.0. The van der Waals surface area contributed by atoms with Gasteiger partial charge in [-0.15, -0.1) is 0 Å². The van der Waals surface area contributed by atoms with E-state index in [2.05, 4.69) is 34.8 Å². The molecule has 29 heavy (non-hydrogen) atoms. The molecule has 4 aliphatic rings. The van der Waals surface area contributed by atoms with Crippen LogP contribution in [-0.2, 0) is 23.1 Å². The zero-order chi connectivity index (χ0) is 19.8. The molecule has 2 aliphatic heterocycles. The van der Waals surface area contributed by atoms with Crippen LogP contribution in [0.4, 0.5) is 0 Å². The quantitative estimate of drug-likeness (QED) is 0.741. The van der Waals surface area contributed by atoms with Gasteiger partial charge < -0.3 is 15.1 Å². The van der Waals surface area contributed by atoms with Gasteiger partial charge in [0.25, 0.3) is 0 Å². The number of rotatable bonds is 1. The largest absolute Gasteiger partial charge is 0.492 e. The lowest BCUT2D eigenvalue weighted by atomic mass is 9.76. The van der Waals surface area contributed by atoms with E-state index in [1.807, 2.05) is 26.1 Å². The van der Waals surface area contributed by atoms with Gasteiger partial charge in [-0.05, 0) is 79.4 Å². The van der Waals surface area contributed by atoms with E-state index in [9.17, 15) is 5.02 Å². The highest BCUT2D eigenvalue weighted by atomic mass is 16.5. The molecule has 6 rings (SSSR count). The average Bonchev–Trinajstić information content (AvgIpc) is 3.29. The molecule has 0 bridgehead atoms. The van der Waals surface area contributed by atoms with Crippen LogP contribution in [0, 0.1) is 0 Å². The van der Waals surface area contributed by atoms with Crippen LogP contribution >= 0.6 is 0 Å². The molecule has 2 aliphatic carbocycles. The van der Waals surface area contributed by atoms with Gasteiger partial charge in [0.2, 0.25) is 0 Å². The first-order chi connectivity index (χ1) is 14.0. The summed E-state index contributed by atoms with van der Waals surface area (Å²) in [5.41, 5.74) is 12.1. The van der Waals surface area contributed by atoms with Crippen LogP contribution in [0.15, 0.2) is 29.4 Å². The number of hydrazone groups is 1. The van der Waals surface area contributed by atoms with Crippen molar-refractivity contribution in [3.05, 3.63) is 52.2 Å². The fourth-order valence-corrected chi connectivity index (χ4v) is 5.44. The molecule has 1 aromatic carbocycles. The first-order valence-corrected chi connectivity index (χ1v) is 10.6. The van der Waals surface area contributed by atoms with Crippen LogP contribution in [0.2, 0.25) is 0 Å². The maximum absolute atomic E-state index is 10.3. The van der Waals surface area contributed by atoms with E-state index in [0.717, 1.165) is 40.8 Å². The molecule has 3 heterocycles. The van der Waals surface area contributed by atoms with E-state index in [0.29, 0.717) is 0 Å². The molecule has 2 unspecified atom stereocenters. The molecule has 6 heteroatoms. The molecular formula is C23H24BN3O2.